The smallest absolute Gasteiger partial charge is 0.265 e. The molecule has 1 atom stereocenters. The SMILES string of the molecule is O=C1CCC(c2ccccc2NC(=O)c2cccs2)NN1. The lowest BCUT2D eigenvalue weighted by atomic mass is 9.99. The van der Waals surface area contributed by atoms with Crippen molar-refractivity contribution in [2.75, 3.05) is 5.32 Å². The molecule has 1 aliphatic rings. The second kappa shape index (κ2) is 6.07. The van der Waals surface area contributed by atoms with Gasteiger partial charge in [0.1, 0.15) is 0 Å². The van der Waals surface area contributed by atoms with E-state index in [-0.39, 0.29) is 17.9 Å². The highest BCUT2D eigenvalue weighted by atomic mass is 32.1. The topological polar surface area (TPSA) is 70.2 Å². The number of thiophene rings is 1. The fourth-order valence-electron chi connectivity index (χ4n) is 2.32. The Morgan fingerprint density at radius 2 is 2.10 bits per heavy atom. The largest absolute Gasteiger partial charge is 0.321 e. The van der Waals surface area contributed by atoms with Crippen molar-refractivity contribution in [2.45, 2.75) is 18.9 Å². The summed E-state index contributed by atoms with van der Waals surface area (Å²) in [5, 5.41) is 4.81. The van der Waals surface area contributed by atoms with Gasteiger partial charge in [-0.1, -0.05) is 24.3 Å². The third kappa shape index (κ3) is 3.12. The molecular weight excluding hydrogens is 286 g/mol. The molecule has 5 nitrogen and oxygen atoms in total. The summed E-state index contributed by atoms with van der Waals surface area (Å²) in [5.41, 5.74) is 7.37. The van der Waals surface area contributed by atoms with Crippen LogP contribution in [0.2, 0.25) is 0 Å². The van der Waals surface area contributed by atoms with Gasteiger partial charge >= 0.3 is 0 Å². The Hall–Kier alpha value is -2.18. The molecule has 3 rings (SSSR count). The van der Waals surface area contributed by atoms with Crippen molar-refractivity contribution in [1.29, 1.82) is 0 Å². The van der Waals surface area contributed by atoms with E-state index in [9.17, 15) is 9.59 Å². The van der Waals surface area contributed by atoms with Gasteiger partial charge < -0.3 is 5.32 Å². The third-order valence-corrected chi connectivity index (χ3v) is 4.24. The molecule has 1 fully saturated rings. The van der Waals surface area contributed by atoms with Crippen molar-refractivity contribution in [3.63, 3.8) is 0 Å². The number of hydrazine groups is 1. The van der Waals surface area contributed by atoms with E-state index in [1.807, 2.05) is 35.7 Å². The van der Waals surface area contributed by atoms with Crippen molar-refractivity contribution >= 4 is 28.8 Å². The van der Waals surface area contributed by atoms with E-state index in [4.69, 9.17) is 0 Å². The summed E-state index contributed by atoms with van der Waals surface area (Å²) in [6.07, 6.45) is 1.18. The van der Waals surface area contributed by atoms with Crippen LogP contribution in [-0.4, -0.2) is 11.8 Å². The highest BCUT2D eigenvalue weighted by Crippen LogP contribution is 2.28. The van der Waals surface area contributed by atoms with Crippen molar-refractivity contribution in [3.05, 3.63) is 52.2 Å². The first-order valence-electron chi connectivity index (χ1n) is 6.72. The second-order valence-electron chi connectivity index (χ2n) is 4.80. The summed E-state index contributed by atoms with van der Waals surface area (Å²) in [6.45, 7) is 0. The molecule has 0 bridgehead atoms. The van der Waals surface area contributed by atoms with E-state index >= 15 is 0 Å². The molecule has 1 unspecified atom stereocenters. The third-order valence-electron chi connectivity index (χ3n) is 3.38. The minimum Gasteiger partial charge on any atom is -0.321 e. The number of carbonyl (C=O) groups is 2. The molecule has 2 amide bonds. The lowest BCUT2D eigenvalue weighted by molar-refractivity contribution is -0.124. The van der Waals surface area contributed by atoms with Gasteiger partial charge in [0, 0.05) is 12.1 Å². The van der Waals surface area contributed by atoms with E-state index in [1.165, 1.54) is 11.3 Å². The maximum absolute atomic E-state index is 12.2. The van der Waals surface area contributed by atoms with Gasteiger partial charge in [0.25, 0.3) is 5.91 Å². The summed E-state index contributed by atoms with van der Waals surface area (Å²) in [5.74, 6) is -0.122. The molecule has 3 N–H and O–H groups in total. The minimum absolute atomic E-state index is 0.00235. The molecular formula is C15H15N3O2S. The van der Waals surface area contributed by atoms with Crippen molar-refractivity contribution < 1.29 is 9.59 Å². The first kappa shape index (κ1) is 13.8. The van der Waals surface area contributed by atoms with Crippen LogP contribution in [0.25, 0.3) is 0 Å². The maximum Gasteiger partial charge on any atom is 0.265 e. The fourth-order valence-corrected chi connectivity index (χ4v) is 2.94. The average molecular weight is 301 g/mol. The number of amides is 2. The van der Waals surface area contributed by atoms with Crippen molar-refractivity contribution in [2.24, 2.45) is 0 Å². The normalized spacial score (nSPS) is 18.1. The number of anilines is 1. The molecule has 2 aromatic rings. The van der Waals surface area contributed by atoms with Crippen LogP contribution in [0.15, 0.2) is 41.8 Å². The van der Waals surface area contributed by atoms with E-state index in [1.54, 1.807) is 6.07 Å². The Morgan fingerprint density at radius 1 is 1.24 bits per heavy atom. The molecule has 1 saturated heterocycles. The first-order valence-corrected chi connectivity index (χ1v) is 7.60. The van der Waals surface area contributed by atoms with E-state index < -0.39 is 0 Å². The quantitative estimate of drug-likeness (QED) is 0.815. The van der Waals surface area contributed by atoms with Crippen LogP contribution in [-0.2, 0) is 4.79 Å². The van der Waals surface area contributed by atoms with Gasteiger partial charge in [-0.05, 0) is 29.5 Å². The number of benzene rings is 1. The Kier molecular flexibility index (Phi) is 3.98. The molecule has 0 saturated carbocycles. The zero-order chi connectivity index (χ0) is 14.7. The second-order valence-corrected chi connectivity index (χ2v) is 5.75. The Morgan fingerprint density at radius 3 is 2.81 bits per heavy atom. The summed E-state index contributed by atoms with van der Waals surface area (Å²) < 4.78 is 0. The average Bonchev–Trinajstić information content (AvgIpc) is 3.03. The highest BCUT2D eigenvalue weighted by molar-refractivity contribution is 7.12. The van der Waals surface area contributed by atoms with Crippen LogP contribution in [0.4, 0.5) is 5.69 Å². The number of carbonyl (C=O) groups excluding carboxylic acids is 2. The van der Waals surface area contributed by atoms with Crippen molar-refractivity contribution in [1.82, 2.24) is 10.9 Å². The summed E-state index contributed by atoms with van der Waals surface area (Å²) >= 11 is 1.41. The number of rotatable bonds is 3. The number of hydrogen-bond donors (Lipinski definition) is 3. The molecule has 0 radical (unpaired) electrons. The molecule has 1 aromatic heterocycles. The first-order chi connectivity index (χ1) is 10.2. The Bertz CT molecular complexity index is 645. The molecule has 0 spiro atoms. The molecule has 0 aliphatic carbocycles. The number of nitrogens with one attached hydrogen (secondary N) is 3. The zero-order valence-corrected chi connectivity index (χ0v) is 12.1. The molecule has 21 heavy (non-hydrogen) atoms. The molecule has 1 aromatic carbocycles. The summed E-state index contributed by atoms with van der Waals surface area (Å²) in [6, 6.07) is 11.3. The van der Waals surface area contributed by atoms with Gasteiger partial charge in [0.2, 0.25) is 5.91 Å². The van der Waals surface area contributed by atoms with Crippen LogP contribution in [0, 0.1) is 0 Å². The number of hydrogen-bond acceptors (Lipinski definition) is 4. The van der Waals surface area contributed by atoms with Crippen molar-refractivity contribution in [3.8, 4) is 0 Å². The van der Waals surface area contributed by atoms with Gasteiger partial charge in [-0.25, -0.2) is 5.43 Å². The van der Waals surface area contributed by atoms with Gasteiger partial charge in [-0.3, -0.25) is 15.0 Å². The number of para-hydroxylation sites is 1. The highest BCUT2D eigenvalue weighted by Gasteiger charge is 2.22. The van der Waals surface area contributed by atoms with E-state index in [0.29, 0.717) is 17.7 Å². The van der Waals surface area contributed by atoms with Crippen LogP contribution < -0.4 is 16.2 Å². The van der Waals surface area contributed by atoms with Gasteiger partial charge in [-0.15, -0.1) is 11.3 Å². The lowest BCUT2D eigenvalue weighted by Crippen LogP contribution is -2.44. The van der Waals surface area contributed by atoms with Crippen LogP contribution >= 0.6 is 11.3 Å². The maximum atomic E-state index is 12.2. The predicted molar refractivity (Wildman–Crippen MR) is 82.0 cm³/mol. The predicted octanol–water partition coefficient (Wildman–Crippen LogP) is 2.46. The van der Waals surface area contributed by atoms with Gasteiger partial charge in [0.05, 0.1) is 10.9 Å². The van der Waals surface area contributed by atoms with E-state index in [0.717, 1.165) is 11.3 Å². The van der Waals surface area contributed by atoms with Crippen LogP contribution in [0.3, 0.4) is 0 Å². The van der Waals surface area contributed by atoms with Crippen LogP contribution in [0.1, 0.15) is 34.1 Å². The van der Waals surface area contributed by atoms with Gasteiger partial charge in [-0.2, -0.15) is 0 Å². The summed E-state index contributed by atoms with van der Waals surface area (Å²) in [4.78, 5) is 24.1. The van der Waals surface area contributed by atoms with Crippen LogP contribution in [0.5, 0.6) is 0 Å². The molecule has 108 valence electrons. The standard InChI is InChI=1S/C15H15N3O2S/c19-14-8-7-12(17-18-14)10-4-1-2-5-11(10)16-15(20)13-6-3-9-21-13/h1-6,9,12,17H,7-8H2,(H,16,20)(H,18,19). The minimum atomic E-state index is -0.114. The zero-order valence-electron chi connectivity index (χ0n) is 11.3. The molecule has 2 heterocycles. The Labute approximate surface area is 126 Å². The lowest BCUT2D eigenvalue weighted by Gasteiger charge is -2.26. The van der Waals surface area contributed by atoms with Gasteiger partial charge in [0.15, 0.2) is 0 Å². The Balaban J connectivity index is 1.79. The fraction of sp³-hybridized carbons (Fsp3) is 0.200. The summed E-state index contributed by atoms with van der Waals surface area (Å²) in [7, 11) is 0. The molecule has 6 heteroatoms. The molecule has 1 aliphatic heterocycles. The van der Waals surface area contributed by atoms with E-state index in [2.05, 4.69) is 16.2 Å². The monoisotopic (exact) mass is 301 g/mol.